The van der Waals surface area contributed by atoms with Gasteiger partial charge in [0.15, 0.2) is 0 Å². The third-order valence-electron chi connectivity index (χ3n) is 4.15. The van der Waals surface area contributed by atoms with E-state index in [1.165, 1.54) is 6.20 Å². The molecule has 1 aliphatic rings. The Balaban J connectivity index is 2.00. The van der Waals surface area contributed by atoms with E-state index in [0.29, 0.717) is 24.3 Å². The summed E-state index contributed by atoms with van der Waals surface area (Å²) in [6, 6.07) is 0.0244. The van der Waals surface area contributed by atoms with E-state index in [9.17, 15) is 9.59 Å². The van der Waals surface area contributed by atoms with Crippen LogP contribution in [0.2, 0.25) is 0 Å². The van der Waals surface area contributed by atoms with Gasteiger partial charge in [0.05, 0.1) is 6.54 Å². The molecule has 1 aromatic heterocycles. The zero-order valence-electron chi connectivity index (χ0n) is 14.5. The molecule has 0 saturated heterocycles. The first-order chi connectivity index (χ1) is 12.0. The lowest BCUT2D eigenvalue weighted by Gasteiger charge is -2.30. The van der Waals surface area contributed by atoms with E-state index in [-0.39, 0.29) is 36.4 Å². The van der Waals surface area contributed by atoms with Gasteiger partial charge in [0.1, 0.15) is 11.4 Å². The van der Waals surface area contributed by atoms with Gasteiger partial charge < -0.3 is 27.4 Å². The number of hydrogen-bond donors (Lipinski definition) is 5. The van der Waals surface area contributed by atoms with Crippen molar-refractivity contribution in [2.75, 3.05) is 24.1 Å². The molecule has 0 aromatic carbocycles. The largest absolute Gasteiger partial charge is 0.369 e. The number of nitrogen functional groups attached to an aromatic ring is 1. The van der Waals surface area contributed by atoms with Crippen LogP contribution in [-0.4, -0.2) is 47.0 Å². The third kappa shape index (κ3) is 5.56. The second kappa shape index (κ2) is 9.16. The number of nitrogens with one attached hydrogen (secondary N) is 3. The Labute approximate surface area is 147 Å². The van der Waals surface area contributed by atoms with E-state index in [1.807, 2.05) is 6.92 Å². The molecule has 2 unspecified atom stereocenters. The topological polar surface area (TPSA) is 148 Å². The molecule has 0 aliphatic heterocycles. The monoisotopic (exact) mass is 349 g/mol. The zero-order valence-corrected chi connectivity index (χ0v) is 14.5. The lowest BCUT2D eigenvalue weighted by atomic mass is 9.90. The summed E-state index contributed by atoms with van der Waals surface area (Å²) in [5.74, 6) is 0.150. The molecular weight excluding hydrogens is 322 g/mol. The molecule has 0 spiro atoms. The number of rotatable bonds is 7. The van der Waals surface area contributed by atoms with Crippen molar-refractivity contribution in [1.29, 1.82) is 0 Å². The van der Waals surface area contributed by atoms with Crippen LogP contribution in [0.5, 0.6) is 0 Å². The highest BCUT2D eigenvalue weighted by molar-refractivity contribution is 5.98. The smallest absolute Gasteiger partial charge is 0.256 e. The van der Waals surface area contributed by atoms with Gasteiger partial charge in [-0.25, -0.2) is 4.98 Å². The maximum absolute atomic E-state index is 12.6. The molecule has 0 bridgehead atoms. The number of nitrogens with two attached hydrogens (primary N) is 2. The lowest BCUT2D eigenvalue weighted by molar-refractivity contribution is -0.120. The molecule has 138 valence electrons. The van der Waals surface area contributed by atoms with E-state index in [4.69, 9.17) is 11.5 Å². The second-order valence-electron chi connectivity index (χ2n) is 6.22. The van der Waals surface area contributed by atoms with Crippen LogP contribution in [0.25, 0.3) is 0 Å². The maximum Gasteiger partial charge on any atom is 0.256 e. The Morgan fingerprint density at radius 3 is 2.68 bits per heavy atom. The molecule has 7 N–H and O–H groups in total. The zero-order chi connectivity index (χ0) is 18.2. The molecule has 25 heavy (non-hydrogen) atoms. The van der Waals surface area contributed by atoms with Crippen molar-refractivity contribution < 1.29 is 9.59 Å². The number of anilines is 2. The Morgan fingerprint density at radius 2 is 2.00 bits per heavy atom. The van der Waals surface area contributed by atoms with Crippen molar-refractivity contribution in [1.82, 2.24) is 20.6 Å². The van der Waals surface area contributed by atoms with E-state index in [1.54, 1.807) is 0 Å². The summed E-state index contributed by atoms with van der Waals surface area (Å²) in [5.41, 5.74) is 11.3. The number of amides is 2. The van der Waals surface area contributed by atoms with Gasteiger partial charge in [0, 0.05) is 24.8 Å². The van der Waals surface area contributed by atoms with Crippen LogP contribution in [0.3, 0.4) is 0 Å². The van der Waals surface area contributed by atoms with Crippen LogP contribution in [0, 0.1) is 0 Å². The average Bonchev–Trinajstić information content (AvgIpc) is 2.60. The molecule has 1 heterocycles. The number of aromatic nitrogens is 2. The van der Waals surface area contributed by atoms with Crippen molar-refractivity contribution in [3.63, 3.8) is 0 Å². The Kier molecular flexibility index (Phi) is 6.93. The molecule has 2 rings (SSSR count). The van der Waals surface area contributed by atoms with E-state index in [2.05, 4.69) is 25.9 Å². The third-order valence-corrected chi connectivity index (χ3v) is 4.15. The molecule has 2 atom stereocenters. The number of carbonyl (C=O) groups is 2. The molecule has 1 aromatic rings. The van der Waals surface area contributed by atoms with Crippen LogP contribution in [0.15, 0.2) is 6.20 Å². The number of nitrogens with zero attached hydrogens (tertiary/aromatic N) is 2. The van der Waals surface area contributed by atoms with Crippen LogP contribution in [-0.2, 0) is 4.79 Å². The standard InChI is InChI=1S/C16H27N7O2/c1-2-6-19-14-12(9-20-16(18)23-14)15(25)22-11-5-3-4-10(7-11)21-13(24)8-17/h9-11H,2-8,17H2,1H3,(H,21,24)(H,22,25)(H3,18,19,20,23). The summed E-state index contributed by atoms with van der Waals surface area (Å²) in [6.45, 7) is 2.69. The summed E-state index contributed by atoms with van der Waals surface area (Å²) in [7, 11) is 0. The minimum Gasteiger partial charge on any atom is -0.369 e. The van der Waals surface area contributed by atoms with Gasteiger partial charge in [0.2, 0.25) is 11.9 Å². The highest BCUT2D eigenvalue weighted by atomic mass is 16.2. The van der Waals surface area contributed by atoms with Gasteiger partial charge in [-0.05, 0) is 32.1 Å². The molecule has 0 radical (unpaired) electrons. The lowest BCUT2D eigenvalue weighted by Crippen LogP contribution is -2.47. The van der Waals surface area contributed by atoms with E-state index < -0.39 is 0 Å². The first-order valence-corrected chi connectivity index (χ1v) is 8.70. The molecule has 1 saturated carbocycles. The van der Waals surface area contributed by atoms with Crippen LogP contribution in [0.1, 0.15) is 49.4 Å². The van der Waals surface area contributed by atoms with E-state index in [0.717, 1.165) is 25.7 Å². The first-order valence-electron chi connectivity index (χ1n) is 8.70. The quantitative estimate of drug-likeness (QED) is 0.465. The Hall–Kier alpha value is -2.42. The van der Waals surface area contributed by atoms with Gasteiger partial charge in [0.25, 0.3) is 5.91 Å². The average molecular weight is 349 g/mol. The van der Waals surface area contributed by atoms with Crippen LogP contribution in [0.4, 0.5) is 11.8 Å². The fraction of sp³-hybridized carbons (Fsp3) is 0.625. The molecule has 1 aliphatic carbocycles. The Morgan fingerprint density at radius 1 is 1.28 bits per heavy atom. The molecule has 1 fully saturated rings. The predicted molar refractivity (Wildman–Crippen MR) is 95.9 cm³/mol. The maximum atomic E-state index is 12.6. The second-order valence-corrected chi connectivity index (χ2v) is 6.22. The summed E-state index contributed by atoms with van der Waals surface area (Å²) in [6.07, 6.45) is 5.72. The molecule has 2 amide bonds. The minimum absolute atomic E-state index is 0.0131. The Bertz CT molecular complexity index is 608. The van der Waals surface area contributed by atoms with Crippen molar-refractivity contribution in [3.8, 4) is 0 Å². The molecule has 9 nitrogen and oxygen atoms in total. The number of hydrogen-bond acceptors (Lipinski definition) is 7. The summed E-state index contributed by atoms with van der Waals surface area (Å²) in [4.78, 5) is 32.1. The number of carbonyl (C=O) groups excluding carboxylic acids is 2. The van der Waals surface area contributed by atoms with Crippen molar-refractivity contribution >= 4 is 23.6 Å². The molecular formula is C16H27N7O2. The highest BCUT2D eigenvalue weighted by Crippen LogP contribution is 2.20. The van der Waals surface area contributed by atoms with Gasteiger partial charge in [-0.15, -0.1) is 0 Å². The summed E-state index contributed by atoms with van der Waals surface area (Å²) >= 11 is 0. The normalized spacial score (nSPS) is 19.9. The first kappa shape index (κ1) is 18.9. The fourth-order valence-electron chi connectivity index (χ4n) is 2.94. The van der Waals surface area contributed by atoms with Crippen LogP contribution < -0.4 is 27.4 Å². The van der Waals surface area contributed by atoms with Gasteiger partial charge in [-0.2, -0.15) is 4.98 Å². The van der Waals surface area contributed by atoms with Crippen molar-refractivity contribution in [2.24, 2.45) is 5.73 Å². The van der Waals surface area contributed by atoms with Crippen molar-refractivity contribution in [2.45, 2.75) is 51.1 Å². The minimum atomic E-state index is -0.241. The highest BCUT2D eigenvalue weighted by Gasteiger charge is 2.25. The predicted octanol–water partition coefficient (Wildman–Crippen LogP) is -0.00340. The van der Waals surface area contributed by atoms with Gasteiger partial charge in [-0.3, -0.25) is 9.59 Å². The van der Waals surface area contributed by atoms with Crippen molar-refractivity contribution in [3.05, 3.63) is 11.8 Å². The fourth-order valence-corrected chi connectivity index (χ4v) is 2.94. The summed E-state index contributed by atoms with van der Waals surface area (Å²) in [5, 5.41) is 9.00. The van der Waals surface area contributed by atoms with Gasteiger partial charge in [-0.1, -0.05) is 6.92 Å². The van der Waals surface area contributed by atoms with E-state index >= 15 is 0 Å². The van der Waals surface area contributed by atoms with Gasteiger partial charge >= 0.3 is 0 Å². The SMILES string of the molecule is CCCNc1nc(N)ncc1C(=O)NC1CCCC(NC(=O)CN)C1. The summed E-state index contributed by atoms with van der Waals surface area (Å²) < 4.78 is 0. The molecule has 9 heteroatoms. The van der Waals surface area contributed by atoms with Crippen LogP contribution >= 0.6 is 0 Å².